The summed E-state index contributed by atoms with van der Waals surface area (Å²) in [5.74, 6) is -0.799. The third-order valence-corrected chi connectivity index (χ3v) is 2.15. The Balaban J connectivity index is 3.26. The Kier molecular flexibility index (Phi) is 4.11. The smallest absolute Gasteiger partial charge is 0.452 e. The zero-order valence-corrected chi connectivity index (χ0v) is 9.68. The number of alkyl halides is 4. The van der Waals surface area contributed by atoms with Crippen molar-refractivity contribution in [3.63, 3.8) is 0 Å². The minimum atomic E-state index is -5.32. The number of hydrogen-bond acceptors (Lipinski definition) is 5. The van der Waals surface area contributed by atoms with Crippen LogP contribution in [0.3, 0.4) is 0 Å². The molecule has 0 aromatic heterocycles. The number of hydrogen-bond donors (Lipinski definition) is 0. The number of nitrogens with zero attached hydrogens (tertiary/aromatic N) is 2. The molecule has 20 heavy (non-hydrogen) atoms. The summed E-state index contributed by atoms with van der Waals surface area (Å²) >= 11 is 0. The molecule has 0 amide bonds. The van der Waals surface area contributed by atoms with Gasteiger partial charge in [0.1, 0.15) is 5.75 Å². The fraction of sp³-hybridized carbons (Fsp3) is 0.333. The van der Waals surface area contributed by atoms with Gasteiger partial charge < -0.3 is 4.74 Å². The van der Waals surface area contributed by atoms with Gasteiger partial charge in [-0.2, -0.15) is 17.6 Å². The number of nitro groups is 2. The van der Waals surface area contributed by atoms with E-state index in [4.69, 9.17) is 0 Å². The van der Waals surface area contributed by atoms with Crippen molar-refractivity contribution in [1.29, 1.82) is 0 Å². The lowest BCUT2D eigenvalue weighted by atomic mass is 10.1. The Hall–Kier alpha value is -2.46. The van der Waals surface area contributed by atoms with Crippen molar-refractivity contribution in [3.05, 3.63) is 37.9 Å². The molecule has 0 saturated heterocycles. The van der Waals surface area contributed by atoms with E-state index in [1.54, 1.807) is 0 Å². The van der Waals surface area contributed by atoms with Crippen molar-refractivity contribution in [2.75, 3.05) is 0 Å². The van der Waals surface area contributed by atoms with E-state index in [1.807, 2.05) is 0 Å². The van der Waals surface area contributed by atoms with Gasteiger partial charge in [0.2, 0.25) is 0 Å². The molecule has 0 saturated carbocycles. The van der Waals surface area contributed by atoms with Gasteiger partial charge in [0.15, 0.2) is 0 Å². The van der Waals surface area contributed by atoms with E-state index in [9.17, 15) is 37.8 Å². The number of benzene rings is 1. The third-order valence-electron chi connectivity index (χ3n) is 2.15. The van der Waals surface area contributed by atoms with Gasteiger partial charge in [0, 0.05) is 6.07 Å². The van der Waals surface area contributed by atoms with Crippen molar-refractivity contribution in [2.45, 2.75) is 19.5 Å². The normalized spacial score (nSPS) is 12.8. The van der Waals surface area contributed by atoms with Gasteiger partial charge in [0.25, 0.3) is 0 Å². The van der Waals surface area contributed by atoms with Crippen LogP contribution in [0, 0.1) is 27.2 Å². The lowest BCUT2D eigenvalue weighted by molar-refractivity contribution is -0.422. The average molecular weight is 298 g/mol. The highest BCUT2D eigenvalue weighted by atomic mass is 19.4. The highest BCUT2D eigenvalue weighted by molar-refractivity contribution is 5.59. The second-order valence-electron chi connectivity index (χ2n) is 3.60. The van der Waals surface area contributed by atoms with Crippen molar-refractivity contribution in [3.8, 4) is 5.75 Å². The Morgan fingerprint density at radius 3 is 2.00 bits per heavy atom. The van der Waals surface area contributed by atoms with Crippen molar-refractivity contribution in [2.24, 2.45) is 0 Å². The first kappa shape index (κ1) is 15.6. The fourth-order valence-corrected chi connectivity index (χ4v) is 1.26. The number of nitro benzene ring substituents is 2. The Morgan fingerprint density at radius 1 is 1.15 bits per heavy atom. The molecular weight excluding hydrogens is 292 g/mol. The first-order valence-corrected chi connectivity index (χ1v) is 4.85. The van der Waals surface area contributed by atoms with Gasteiger partial charge in [-0.1, -0.05) is 0 Å². The van der Waals surface area contributed by atoms with E-state index in [0.717, 1.165) is 6.92 Å². The lowest BCUT2D eigenvalue weighted by Gasteiger charge is -2.15. The minimum absolute atomic E-state index is 0.241. The number of aryl methyl sites for hydroxylation is 1. The molecule has 0 spiro atoms. The molecule has 0 aliphatic rings. The van der Waals surface area contributed by atoms with Crippen LogP contribution in [-0.4, -0.2) is 22.4 Å². The highest BCUT2D eigenvalue weighted by Crippen LogP contribution is 2.36. The molecule has 0 aliphatic heterocycles. The molecule has 0 fully saturated rings. The van der Waals surface area contributed by atoms with Crippen LogP contribution >= 0.6 is 0 Å². The van der Waals surface area contributed by atoms with E-state index in [0.29, 0.717) is 12.1 Å². The van der Waals surface area contributed by atoms with Crippen LogP contribution in [0.4, 0.5) is 28.9 Å². The zero-order chi connectivity index (χ0) is 15.7. The molecule has 0 bridgehead atoms. The molecule has 110 valence electrons. The number of halogens is 4. The first-order chi connectivity index (χ1) is 9.04. The summed E-state index contributed by atoms with van der Waals surface area (Å²) in [4.78, 5) is 18.9. The summed E-state index contributed by atoms with van der Waals surface area (Å²) in [7, 11) is 0. The standard InChI is InChI=1S/C9H6F4N2O5/c1-4-2-5(14(16)17)6(15(18)19)3-7(4)20-8(10)9(11,12)13/h2-3,8H,1H3. The van der Waals surface area contributed by atoms with Crippen LogP contribution in [0.25, 0.3) is 0 Å². The Labute approximate surface area is 108 Å². The summed E-state index contributed by atoms with van der Waals surface area (Å²) in [5, 5.41) is 21.2. The van der Waals surface area contributed by atoms with E-state index in [-0.39, 0.29) is 5.56 Å². The zero-order valence-electron chi connectivity index (χ0n) is 9.68. The molecule has 11 heteroatoms. The first-order valence-electron chi connectivity index (χ1n) is 4.85. The Bertz CT molecular complexity index is 560. The third kappa shape index (κ3) is 3.30. The summed E-state index contributed by atoms with van der Waals surface area (Å²) < 4.78 is 52.6. The number of rotatable bonds is 4. The van der Waals surface area contributed by atoms with Crippen LogP contribution in [0.1, 0.15) is 5.56 Å². The van der Waals surface area contributed by atoms with E-state index in [2.05, 4.69) is 4.74 Å². The largest absolute Gasteiger partial charge is 0.457 e. The van der Waals surface area contributed by atoms with Gasteiger partial charge in [0.05, 0.1) is 15.9 Å². The molecule has 1 aromatic carbocycles. The highest BCUT2D eigenvalue weighted by Gasteiger charge is 2.43. The van der Waals surface area contributed by atoms with Gasteiger partial charge in [-0.25, -0.2) is 0 Å². The number of ether oxygens (including phenoxy) is 1. The van der Waals surface area contributed by atoms with Crippen LogP contribution in [0.5, 0.6) is 5.75 Å². The lowest BCUT2D eigenvalue weighted by Crippen LogP contribution is -2.30. The molecule has 0 N–H and O–H groups in total. The summed E-state index contributed by atoms with van der Waals surface area (Å²) in [5.41, 5.74) is -2.26. The second kappa shape index (κ2) is 5.27. The van der Waals surface area contributed by atoms with E-state index in [1.165, 1.54) is 0 Å². The van der Waals surface area contributed by atoms with E-state index >= 15 is 0 Å². The maximum Gasteiger partial charge on any atom is 0.457 e. The van der Waals surface area contributed by atoms with Gasteiger partial charge in [-0.3, -0.25) is 20.2 Å². The van der Waals surface area contributed by atoms with Crippen LogP contribution < -0.4 is 4.74 Å². The Morgan fingerprint density at radius 2 is 1.60 bits per heavy atom. The molecule has 1 unspecified atom stereocenters. The SMILES string of the molecule is Cc1cc([N+](=O)[O-])c([N+](=O)[O-])cc1OC(F)C(F)(F)F. The maximum absolute atomic E-state index is 12.7. The van der Waals surface area contributed by atoms with Crippen LogP contribution in [-0.2, 0) is 0 Å². The molecule has 1 atom stereocenters. The molecule has 1 rings (SSSR count). The quantitative estimate of drug-likeness (QED) is 0.483. The van der Waals surface area contributed by atoms with Crippen LogP contribution in [0.2, 0.25) is 0 Å². The van der Waals surface area contributed by atoms with Gasteiger partial charge >= 0.3 is 23.9 Å². The molecule has 1 aromatic rings. The molecule has 0 aliphatic carbocycles. The van der Waals surface area contributed by atoms with Gasteiger partial charge in [-0.05, 0) is 12.5 Å². The van der Waals surface area contributed by atoms with Crippen molar-refractivity contribution >= 4 is 11.4 Å². The summed E-state index contributed by atoms with van der Waals surface area (Å²) in [6.45, 7) is 1.09. The fourth-order valence-electron chi connectivity index (χ4n) is 1.26. The average Bonchev–Trinajstić information content (AvgIpc) is 2.29. The van der Waals surface area contributed by atoms with E-state index < -0.39 is 39.5 Å². The van der Waals surface area contributed by atoms with Crippen LogP contribution in [0.15, 0.2) is 12.1 Å². The molecule has 0 radical (unpaired) electrons. The predicted molar refractivity (Wildman–Crippen MR) is 56.1 cm³/mol. The van der Waals surface area contributed by atoms with Gasteiger partial charge in [-0.15, -0.1) is 0 Å². The monoisotopic (exact) mass is 298 g/mol. The molecule has 7 nitrogen and oxygen atoms in total. The molecular formula is C9H6F4N2O5. The predicted octanol–water partition coefficient (Wildman–Crippen LogP) is 3.05. The van der Waals surface area contributed by atoms with Crippen molar-refractivity contribution in [1.82, 2.24) is 0 Å². The second-order valence-corrected chi connectivity index (χ2v) is 3.60. The summed E-state index contributed by atoms with van der Waals surface area (Å²) in [6.07, 6.45) is -9.01. The summed E-state index contributed by atoms with van der Waals surface area (Å²) in [6, 6.07) is 1.02. The topological polar surface area (TPSA) is 95.5 Å². The minimum Gasteiger partial charge on any atom is -0.452 e. The van der Waals surface area contributed by atoms with Crippen molar-refractivity contribution < 1.29 is 32.1 Å². The maximum atomic E-state index is 12.7. The molecule has 0 heterocycles.